The van der Waals surface area contributed by atoms with E-state index in [1.54, 1.807) is 14.1 Å². The smallest absolute Gasteiger partial charge is 0.462 e. The topological polar surface area (TPSA) is 185 Å². The van der Waals surface area contributed by atoms with Crippen molar-refractivity contribution in [3.63, 3.8) is 0 Å². The van der Waals surface area contributed by atoms with Gasteiger partial charge in [-0.2, -0.15) is 0 Å². The monoisotopic (exact) mass is 837 g/mol. The molecular formula is C42H81N2O12P. The highest BCUT2D eigenvalue weighted by Crippen LogP contribution is 2.43. The summed E-state index contributed by atoms with van der Waals surface area (Å²) in [5.41, 5.74) is 0. The fraction of sp³-hybridized carbons (Fsp3) is 0.905. The van der Waals surface area contributed by atoms with Crippen molar-refractivity contribution >= 4 is 31.7 Å². The summed E-state index contributed by atoms with van der Waals surface area (Å²) < 4.78 is 44.6. The van der Waals surface area contributed by atoms with Crippen LogP contribution in [0.2, 0.25) is 0 Å². The number of carbonyl (C=O) groups excluding carboxylic acids is 4. The summed E-state index contributed by atoms with van der Waals surface area (Å²) in [6.45, 7) is 3.19. The molecule has 57 heavy (non-hydrogen) atoms. The molecule has 0 saturated heterocycles. The van der Waals surface area contributed by atoms with E-state index in [9.17, 15) is 28.6 Å². The molecule has 0 fully saturated rings. The van der Waals surface area contributed by atoms with E-state index in [1.165, 1.54) is 89.9 Å². The van der Waals surface area contributed by atoms with Gasteiger partial charge in [-0.15, -0.1) is 0 Å². The van der Waals surface area contributed by atoms with Gasteiger partial charge in [-0.3, -0.25) is 28.2 Å². The van der Waals surface area contributed by atoms with Crippen molar-refractivity contribution in [3.8, 4) is 0 Å². The molecule has 0 bridgehead atoms. The number of hydrogen-bond donors (Lipinski definition) is 3. The molecule has 336 valence electrons. The summed E-state index contributed by atoms with van der Waals surface area (Å²) in [6.07, 6.45) is 23.3. The van der Waals surface area contributed by atoms with Gasteiger partial charge < -0.3 is 34.5 Å². The minimum atomic E-state index is -4.80. The molecule has 0 aliphatic rings. The Hall–Kier alpha value is -2.09. The Morgan fingerprint density at radius 1 is 0.456 bits per heavy atom. The summed E-state index contributed by atoms with van der Waals surface area (Å²) in [7, 11) is -1.45. The third-order valence-electron chi connectivity index (χ3n) is 9.43. The number of unbranched alkanes of at least 4 members (excludes halogenated alkanes) is 20. The lowest BCUT2D eigenvalue weighted by molar-refractivity contribution is -0.162. The molecule has 0 aliphatic heterocycles. The number of phosphoric acid groups is 1. The van der Waals surface area contributed by atoms with Gasteiger partial charge in [0, 0.05) is 25.9 Å². The lowest BCUT2D eigenvalue weighted by atomic mass is 10.1. The molecule has 0 radical (unpaired) electrons. The number of hydrogen-bond acceptors (Lipinski definition) is 13. The van der Waals surface area contributed by atoms with Crippen LogP contribution in [0.25, 0.3) is 0 Å². The first-order valence-corrected chi connectivity index (χ1v) is 23.7. The number of esters is 4. The Morgan fingerprint density at radius 2 is 0.754 bits per heavy atom. The fourth-order valence-corrected chi connectivity index (χ4v) is 6.74. The highest BCUT2D eigenvalue weighted by atomic mass is 31.2. The zero-order valence-electron chi connectivity index (χ0n) is 36.2. The highest BCUT2D eigenvalue weighted by Gasteiger charge is 2.29. The number of carbonyl (C=O) groups is 4. The lowest BCUT2D eigenvalue weighted by Gasteiger charge is -2.22. The van der Waals surface area contributed by atoms with Crippen molar-refractivity contribution in [1.29, 1.82) is 0 Å². The molecule has 14 nitrogen and oxygen atoms in total. The van der Waals surface area contributed by atoms with Crippen LogP contribution in [0.5, 0.6) is 0 Å². The molecule has 3 N–H and O–H groups in total. The van der Waals surface area contributed by atoms with E-state index in [0.29, 0.717) is 25.9 Å². The van der Waals surface area contributed by atoms with Crippen LogP contribution in [0.15, 0.2) is 0 Å². The lowest BCUT2D eigenvalue weighted by Crippen LogP contribution is -2.31. The molecule has 2 unspecified atom stereocenters. The van der Waals surface area contributed by atoms with Crippen molar-refractivity contribution in [3.05, 3.63) is 0 Å². The Balaban J connectivity index is 5.02. The summed E-state index contributed by atoms with van der Waals surface area (Å²) in [6, 6.07) is 0. The second-order valence-corrected chi connectivity index (χ2v) is 16.4. The van der Waals surface area contributed by atoms with Crippen LogP contribution >= 0.6 is 7.82 Å². The average Bonchev–Trinajstić information content (AvgIpc) is 3.19. The van der Waals surface area contributed by atoms with Gasteiger partial charge >= 0.3 is 31.7 Å². The predicted octanol–water partition coefficient (Wildman–Crippen LogP) is 8.65. The van der Waals surface area contributed by atoms with Crippen LogP contribution in [0.4, 0.5) is 0 Å². The molecule has 0 saturated carbocycles. The largest absolute Gasteiger partial charge is 0.472 e. The highest BCUT2D eigenvalue weighted by molar-refractivity contribution is 7.47. The Labute approximate surface area is 344 Å². The van der Waals surface area contributed by atoms with E-state index in [0.717, 1.165) is 38.5 Å². The van der Waals surface area contributed by atoms with Crippen LogP contribution in [0.1, 0.15) is 181 Å². The maximum absolute atomic E-state index is 12.9. The number of phosphoric ester groups is 1. The third kappa shape index (κ3) is 37.9. The van der Waals surface area contributed by atoms with Gasteiger partial charge in [0.05, 0.1) is 26.1 Å². The second-order valence-electron chi connectivity index (χ2n) is 14.9. The van der Waals surface area contributed by atoms with Crippen LogP contribution in [0, 0.1) is 0 Å². The molecular weight excluding hydrogens is 755 g/mol. The fourth-order valence-electron chi connectivity index (χ4n) is 5.95. The van der Waals surface area contributed by atoms with E-state index < -0.39 is 63.7 Å². The third-order valence-corrected chi connectivity index (χ3v) is 10.4. The molecule has 15 heteroatoms. The van der Waals surface area contributed by atoms with Crippen LogP contribution in [-0.4, -0.2) is 94.6 Å². The van der Waals surface area contributed by atoms with E-state index in [1.807, 2.05) is 0 Å². The van der Waals surface area contributed by atoms with Crippen molar-refractivity contribution in [1.82, 2.24) is 10.6 Å². The van der Waals surface area contributed by atoms with Crippen molar-refractivity contribution in [2.45, 2.75) is 193 Å². The normalized spacial score (nSPS) is 13.4. The summed E-state index contributed by atoms with van der Waals surface area (Å²) in [5.74, 6) is -2.16. The maximum atomic E-state index is 12.9. The Bertz CT molecular complexity index is 1050. The summed E-state index contributed by atoms with van der Waals surface area (Å²) >= 11 is 0. The molecule has 0 aromatic carbocycles. The van der Waals surface area contributed by atoms with Crippen molar-refractivity contribution in [2.24, 2.45) is 0 Å². The maximum Gasteiger partial charge on any atom is 0.472 e. The van der Waals surface area contributed by atoms with Gasteiger partial charge in [0.15, 0.2) is 12.2 Å². The van der Waals surface area contributed by atoms with E-state index in [2.05, 4.69) is 24.5 Å². The SMILES string of the molecule is CCCCCCCCCCCCCC(=O)OC[C@H](COP(=O)(O)OCC(COC(=O)CCNC)OC(=O)CCNC)OC(=O)CCCCCCCCCCCCC. The van der Waals surface area contributed by atoms with Gasteiger partial charge in [-0.1, -0.05) is 142 Å². The summed E-state index contributed by atoms with van der Waals surface area (Å²) in [5, 5.41) is 5.64. The zero-order valence-corrected chi connectivity index (χ0v) is 37.1. The van der Waals surface area contributed by atoms with Gasteiger partial charge in [-0.05, 0) is 26.9 Å². The molecule has 0 aliphatic carbocycles. The zero-order chi connectivity index (χ0) is 42.2. The molecule has 0 aromatic heterocycles. The number of nitrogens with one attached hydrogen (secondary N) is 2. The van der Waals surface area contributed by atoms with Crippen LogP contribution in [0.3, 0.4) is 0 Å². The van der Waals surface area contributed by atoms with E-state index >= 15 is 0 Å². The van der Waals surface area contributed by atoms with Crippen molar-refractivity contribution < 1.29 is 56.6 Å². The van der Waals surface area contributed by atoms with Crippen LogP contribution in [-0.2, 0) is 51.7 Å². The molecule has 3 atom stereocenters. The Kier molecular flexibility index (Phi) is 37.9. The first kappa shape index (κ1) is 54.9. The molecule has 0 spiro atoms. The minimum absolute atomic E-state index is 0.0121. The summed E-state index contributed by atoms with van der Waals surface area (Å²) in [4.78, 5) is 60.1. The molecule has 0 heterocycles. The quantitative estimate of drug-likeness (QED) is 0.0230. The van der Waals surface area contributed by atoms with Gasteiger partial charge in [0.1, 0.15) is 13.2 Å². The molecule has 0 amide bonds. The average molecular weight is 837 g/mol. The molecule has 0 rings (SSSR count). The predicted molar refractivity (Wildman–Crippen MR) is 223 cm³/mol. The molecule has 0 aromatic rings. The first-order chi connectivity index (χ1) is 27.6. The van der Waals surface area contributed by atoms with Crippen molar-refractivity contribution in [2.75, 3.05) is 53.6 Å². The standard InChI is InChI=1S/C42H81N2O12P/c1-5-7-9-11-13-15-17-19-21-23-25-27-39(45)51-33-37(55-41(47)28-26-24-22-20-18-16-14-12-10-8-6-2)35-53-57(49,50)54-36-38(56-42(48)30-32-44-4)34-52-40(46)29-31-43-3/h37-38,43-44H,5-36H2,1-4H3,(H,49,50)/t37-,38?/m1/s1. The second kappa shape index (κ2) is 39.4. The Morgan fingerprint density at radius 3 is 1.12 bits per heavy atom. The van der Waals surface area contributed by atoms with Gasteiger partial charge in [0.25, 0.3) is 0 Å². The first-order valence-electron chi connectivity index (χ1n) is 22.2. The van der Waals surface area contributed by atoms with E-state index in [4.69, 9.17) is 28.0 Å². The van der Waals surface area contributed by atoms with Gasteiger partial charge in [-0.25, -0.2) is 4.57 Å². The van der Waals surface area contributed by atoms with Gasteiger partial charge in [0.2, 0.25) is 0 Å². The minimum Gasteiger partial charge on any atom is -0.462 e. The van der Waals surface area contributed by atoms with E-state index in [-0.39, 0.29) is 32.3 Å². The number of rotatable bonds is 42. The van der Waals surface area contributed by atoms with Crippen LogP contribution < -0.4 is 10.6 Å². The number of ether oxygens (including phenoxy) is 4.